The van der Waals surface area contributed by atoms with E-state index < -0.39 is 17.5 Å². The van der Waals surface area contributed by atoms with Crippen LogP contribution in [-0.2, 0) is 4.74 Å². The molecule has 1 rings (SSSR count). The number of hydrogen-bond acceptors (Lipinski definition) is 4. The Labute approximate surface area is 117 Å². The molecule has 0 aliphatic carbocycles. The van der Waals surface area contributed by atoms with Gasteiger partial charge in [0.25, 0.3) is 0 Å². The van der Waals surface area contributed by atoms with Crippen molar-refractivity contribution < 1.29 is 18.7 Å². The zero-order valence-electron chi connectivity index (χ0n) is 11.9. The fourth-order valence-electron chi connectivity index (χ4n) is 1.20. The van der Waals surface area contributed by atoms with Gasteiger partial charge < -0.3 is 14.8 Å². The number of carbonyl (C=O) groups is 1. The summed E-state index contributed by atoms with van der Waals surface area (Å²) in [5.74, 6) is 0.0522. The van der Waals surface area contributed by atoms with Crippen LogP contribution in [0.4, 0.5) is 9.18 Å². The normalized spacial score (nSPS) is 11.9. The summed E-state index contributed by atoms with van der Waals surface area (Å²) >= 11 is 0. The minimum Gasteiger partial charge on any atom is -0.488 e. The third-order valence-electron chi connectivity index (χ3n) is 1.99. The van der Waals surface area contributed by atoms with Crippen LogP contribution in [0.1, 0.15) is 20.8 Å². The highest BCUT2D eigenvalue weighted by Crippen LogP contribution is 2.08. The van der Waals surface area contributed by atoms with Gasteiger partial charge in [-0.15, -0.1) is 0 Å². The lowest BCUT2D eigenvalue weighted by molar-refractivity contribution is 0.0529. The van der Waals surface area contributed by atoms with Gasteiger partial charge in [-0.2, -0.15) is 0 Å². The quantitative estimate of drug-likeness (QED) is 0.902. The number of halogens is 1. The van der Waals surface area contributed by atoms with Crippen molar-refractivity contribution in [1.29, 1.82) is 0 Å². The second-order valence-electron chi connectivity index (χ2n) is 5.01. The van der Waals surface area contributed by atoms with E-state index in [9.17, 15) is 9.18 Å². The predicted molar refractivity (Wildman–Crippen MR) is 73.2 cm³/mol. The van der Waals surface area contributed by atoms with Gasteiger partial charge in [-0.25, -0.2) is 9.18 Å². The van der Waals surface area contributed by atoms with Crippen LogP contribution in [-0.4, -0.2) is 29.8 Å². The lowest BCUT2D eigenvalue weighted by Crippen LogP contribution is -2.33. The van der Waals surface area contributed by atoms with Crippen LogP contribution in [0.15, 0.2) is 36.4 Å². The van der Waals surface area contributed by atoms with Gasteiger partial charge in [0.05, 0.1) is 12.7 Å². The van der Waals surface area contributed by atoms with E-state index in [1.165, 1.54) is 12.3 Å². The molecule has 1 aromatic heterocycles. The number of alkyl carbamates (subject to hydrolysis) is 1. The Morgan fingerprint density at radius 1 is 1.50 bits per heavy atom. The summed E-state index contributed by atoms with van der Waals surface area (Å²) in [4.78, 5) is 15.2. The summed E-state index contributed by atoms with van der Waals surface area (Å²) in [7, 11) is 0. The van der Waals surface area contributed by atoms with Crippen molar-refractivity contribution >= 4 is 6.09 Å². The highest BCUT2D eigenvalue weighted by Gasteiger charge is 2.15. The van der Waals surface area contributed by atoms with E-state index in [0.717, 1.165) is 0 Å². The van der Waals surface area contributed by atoms with E-state index in [0.29, 0.717) is 5.75 Å². The minimum atomic E-state index is -0.658. The molecule has 110 valence electrons. The number of nitrogens with one attached hydrogen (secondary N) is 1. The fourth-order valence-corrected chi connectivity index (χ4v) is 1.20. The lowest BCUT2D eigenvalue weighted by Gasteiger charge is -2.19. The molecule has 0 unspecified atom stereocenters. The molecule has 0 spiro atoms. The average Bonchev–Trinajstić information content (AvgIpc) is 2.36. The number of hydrogen-bond donors (Lipinski definition) is 1. The second kappa shape index (κ2) is 7.47. The SMILES string of the molecule is CC(C)(C)OC(=O)NC/C(F)=C\COc1cccnc1. The lowest BCUT2D eigenvalue weighted by atomic mass is 10.2. The Hall–Kier alpha value is -2.11. The summed E-state index contributed by atoms with van der Waals surface area (Å²) in [6.45, 7) is 5.04. The van der Waals surface area contributed by atoms with Crippen molar-refractivity contribution in [3.05, 3.63) is 36.4 Å². The van der Waals surface area contributed by atoms with E-state index in [1.807, 2.05) is 0 Å². The van der Waals surface area contributed by atoms with Crippen LogP contribution in [0.2, 0.25) is 0 Å². The van der Waals surface area contributed by atoms with Gasteiger partial charge in [0, 0.05) is 6.20 Å². The maximum absolute atomic E-state index is 13.4. The molecule has 0 saturated carbocycles. The molecule has 0 radical (unpaired) electrons. The van der Waals surface area contributed by atoms with Crippen LogP contribution in [0.25, 0.3) is 0 Å². The van der Waals surface area contributed by atoms with Gasteiger partial charge in [0.15, 0.2) is 0 Å². The van der Waals surface area contributed by atoms with Crippen LogP contribution in [0.5, 0.6) is 5.75 Å². The number of carbonyl (C=O) groups excluding carboxylic acids is 1. The molecule has 0 aromatic carbocycles. The number of aromatic nitrogens is 1. The Morgan fingerprint density at radius 3 is 2.85 bits per heavy atom. The number of amides is 1. The number of pyridine rings is 1. The number of ether oxygens (including phenoxy) is 2. The molecule has 0 aliphatic rings. The molecule has 0 atom stereocenters. The fraction of sp³-hybridized carbons (Fsp3) is 0.429. The molecule has 5 nitrogen and oxygen atoms in total. The first-order valence-corrected chi connectivity index (χ1v) is 6.21. The van der Waals surface area contributed by atoms with Gasteiger partial charge in [-0.05, 0) is 39.0 Å². The molecule has 20 heavy (non-hydrogen) atoms. The summed E-state index contributed by atoms with van der Waals surface area (Å²) in [6, 6.07) is 3.44. The Morgan fingerprint density at radius 2 is 2.25 bits per heavy atom. The first kappa shape index (κ1) is 15.9. The molecule has 0 fully saturated rings. The Bertz CT molecular complexity index is 455. The van der Waals surface area contributed by atoms with E-state index in [4.69, 9.17) is 9.47 Å². The molecule has 1 amide bonds. The van der Waals surface area contributed by atoms with Crippen LogP contribution >= 0.6 is 0 Å². The third-order valence-corrected chi connectivity index (χ3v) is 1.99. The predicted octanol–water partition coefficient (Wildman–Crippen LogP) is 2.84. The molecule has 1 aromatic rings. The standard InChI is InChI=1S/C14H19FN2O3/c1-14(2,3)20-13(18)17-9-11(15)6-8-19-12-5-4-7-16-10-12/h4-7,10H,8-9H2,1-3H3,(H,17,18)/b11-6+. The van der Waals surface area contributed by atoms with E-state index in [-0.39, 0.29) is 13.2 Å². The van der Waals surface area contributed by atoms with Crippen LogP contribution in [0.3, 0.4) is 0 Å². The smallest absolute Gasteiger partial charge is 0.408 e. The van der Waals surface area contributed by atoms with Gasteiger partial charge in [-0.1, -0.05) is 0 Å². The molecule has 0 bridgehead atoms. The highest BCUT2D eigenvalue weighted by molar-refractivity contribution is 5.67. The van der Waals surface area contributed by atoms with Crippen molar-refractivity contribution in [3.63, 3.8) is 0 Å². The maximum atomic E-state index is 13.4. The molecule has 6 heteroatoms. The van der Waals surface area contributed by atoms with Gasteiger partial charge in [0.2, 0.25) is 0 Å². The first-order valence-electron chi connectivity index (χ1n) is 6.21. The van der Waals surface area contributed by atoms with Crippen molar-refractivity contribution in [1.82, 2.24) is 10.3 Å². The highest BCUT2D eigenvalue weighted by atomic mass is 19.1. The average molecular weight is 282 g/mol. The van der Waals surface area contributed by atoms with E-state index in [1.54, 1.807) is 39.1 Å². The molecule has 0 aliphatic heterocycles. The van der Waals surface area contributed by atoms with E-state index in [2.05, 4.69) is 10.3 Å². The number of nitrogens with zero attached hydrogens (tertiary/aromatic N) is 1. The number of rotatable bonds is 5. The van der Waals surface area contributed by atoms with Crippen LogP contribution < -0.4 is 10.1 Å². The van der Waals surface area contributed by atoms with Crippen molar-refractivity contribution in [2.24, 2.45) is 0 Å². The monoisotopic (exact) mass is 282 g/mol. The van der Waals surface area contributed by atoms with Gasteiger partial charge in [-0.3, -0.25) is 4.98 Å². The summed E-state index contributed by atoms with van der Waals surface area (Å²) < 4.78 is 23.6. The molecular weight excluding hydrogens is 263 g/mol. The minimum absolute atomic E-state index is 0.0630. The molecule has 1 N–H and O–H groups in total. The largest absolute Gasteiger partial charge is 0.488 e. The topological polar surface area (TPSA) is 60.5 Å². The van der Waals surface area contributed by atoms with Gasteiger partial charge >= 0.3 is 6.09 Å². The Balaban J connectivity index is 2.27. The van der Waals surface area contributed by atoms with Crippen LogP contribution in [0, 0.1) is 0 Å². The van der Waals surface area contributed by atoms with Crippen molar-refractivity contribution in [2.45, 2.75) is 26.4 Å². The Kier molecular flexibility index (Phi) is 5.96. The zero-order chi connectivity index (χ0) is 15.0. The zero-order valence-corrected chi connectivity index (χ0v) is 11.9. The van der Waals surface area contributed by atoms with Crippen molar-refractivity contribution in [3.8, 4) is 5.75 Å². The second-order valence-corrected chi connectivity index (χ2v) is 5.01. The third kappa shape index (κ3) is 7.35. The molecule has 1 heterocycles. The van der Waals surface area contributed by atoms with Gasteiger partial charge in [0.1, 0.15) is 23.8 Å². The first-order chi connectivity index (χ1) is 9.37. The molecular formula is C14H19FN2O3. The van der Waals surface area contributed by atoms with E-state index >= 15 is 0 Å². The van der Waals surface area contributed by atoms with Crippen molar-refractivity contribution in [2.75, 3.05) is 13.2 Å². The summed E-state index contributed by atoms with van der Waals surface area (Å²) in [5, 5.41) is 2.32. The summed E-state index contributed by atoms with van der Waals surface area (Å²) in [5.41, 5.74) is -0.603. The molecule has 0 saturated heterocycles. The summed E-state index contributed by atoms with van der Waals surface area (Å²) in [6.07, 6.45) is 3.73. The maximum Gasteiger partial charge on any atom is 0.408 e.